The van der Waals surface area contributed by atoms with Crippen LogP contribution in [0, 0.1) is 18.3 Å². The standard InChI is InChI=1S/C24H19N2/c1-17-8-10-20(19-6-4-3-5-7-19)15-23(17)24-22-11-9-18(16-25)14-21(22)12-13-26(24)2/h3-15H,1-2H3/q+1. The number of hydrogen-bond acceptors (Lipinski definition) is 1. The lowest BCUT2D eigenvalue weighted by molar-refractivity contribution is -0.659. The van der Waals surface area contributed by atoms with E-state index in [0.29, 0.717) is 5.56 Å². The number of rotatable bonds is 2. The molecule has 0 N–H and O–H groups in total. The predicted molar refractivity (Wildman–Crippen MR) is 105 cm³/mol. The number of fused-ring (bicyclic) bond motifs is 1. The second-order valence-corrected chi connectivity index (χ2v) is 6.58. The second-order valence-electron chi connectivity index (χ2n) is 6.58. The molecule has 0 bridgehead atoms. The Bertz CT molecular complexity index is 1150. The molecule has 0 fully saturated rings. The van der Waals surface area contributed by atoms with Gasteiger partial charge in [-0.25, -0.2) is 4.57 Å². The van der Waals surface area contributed by atoms with Crippen LogP contribution in [0.4, 0.5) is 0 Å². The fourth-order valence-corrected chi connectivity index (χ4v) is 3.46. The third-order valence-corrected chi connectivity index (χ3v) is 4.87. The Kier molecular flexibility index (Phi) is 3.99. The van der Waals surface area contributed by atoms with E-state index in [1.165, 1.54) is 27.9 Å². The summed E-state index contributed by atoms with van der Waals surface area (Å²) in [5.74, 6) is 0. The lowest BCUT2D eigenvalue weighted by atomic mass is 9.94. The smallest absolute Gasteiger partial charge is 0.200 e. The van der Waals surface area contributed by atoms with Crippen molar-refractivity contribution >= 4 is 10.8 Å². The van der Waals surface area contributed by atoms with Crippen LogP contribution in [0.3, 0.4) is 0 Å². The van der Waals surface area contributed by atoms with Crippen molar-refractivity contribution in [2.75, 3.05) is 0 Å². The number of aryl methyl sites for hydroxylation is 2. The largest absolute Gasteiger partial charge is 0.220 e. The highest BCUT2D eigenvalue weighted by molar-refractivity contribution is 5.95. The third kappa shape index (κ3) is 2.74. The molecule has 3 aromatic carbocycles. The Morgan fingerprint density at radius 1 is 0.846 bits per heavy atom. The van der Waals surface area contributed by atoms with Crippen molar-refractivity contribution in [1.82, 2.24) is 0 Å². The molecular weight excluding hydrogens is 316 g/mol. The first-order valence-corrected chi connectivity index (χ1v) is 8.66. The molecule has 0 radical (unpaired) electrons. The zero-order valence-corrected chi connectivity index (χ0v) is 14.9. The summed E-state index contributed by atoms with van der Waals surface area (Å²) in [5.41, 5.74) is 6.72. The van der Waals surface area contributed by atoms with Crippen molar-refractivity contribution < 1.29 is 4.57 Å². The molecule has 0 spiro atoms. The highest BCUT2D eigenvalue weighted by atomic mass is 14.9. The Morgan fingerprint density at radius 2 is 1.65 bits per heavy atom. The Labute approximate surface area is 153 Å². The van der Waals surface area contributed by atoms with Gasteiger partial charge in [0.1, 0.15) is 7.05 Å². The molecule has 4 rings (SSSR count). The summed E-state index contributed by atoms with van der Waals surface area (Å²) >= 11 is 0. The molecule has 0 aliphatic heterocycles. The number of hydrogen-bond donors (Lipinski definition) is 0. The predicted octanol–water partition coefficient (Wildman–Crippen LogP) is 5.18. The van der Waals surface area contributed by atoms with Gasteiger partial charge in [0.25, 0.3) is 0 Å². The van der Waals surface area contributed by atoms with Crippen LogP contribution >= 0.6 is 0 Å². The Morgan fingerprint density at radius 3 is 2.42 bits per heavy atom. The molecule has 0 amide bonds. The summed E-state index contributed by atoms with van der Waals surface area (Å²) < 4.78 is 2.16. The monoisotopic (exact) mass is 335 g/mol. The van der Waals surface area contributed by atoms with Crippen LogP contribution in [0.25, 0.3) is 33.2 Å². The fourth-order valence-electron chi connectivity index (χ4n) is 3.46. The van der Waals surface area contributed by atoms with Crippen molar-refractivity contribution in [3.05, 3.63) is 90.1 Å². The minimum atomic E-state index is 0.687. The van der Waals surface area contributed by atoms with Gasteiger partial charge < -0.3 is 0 Å². The van der Waals surface area contributed by atoms with Gasteiger partial charge in [-0.3, -0.25) is 0 Å². The molecule has 0 aliphatic carbocycles. The van der Waals surface area contributed by atoms with Crippen LogP contribution in [0.2, 0.25) is 0 Å². The van der Waals surface area contributed by atoms with E-state index in [1.54, 1.807) is 0 Å². The molecule has 0 atom stereocenters. The molecule has 1 heterocycles. The van der Waals surface area contributed by atoms with E-state index in [0.717, 1.165) is 10.8 Å². The highest BCUT2D eigenvalue weighted by Crippen LogP contribution is 2.32. The van der Waals surface area contributed by atoms with E-state index in [4.69, 9.17) is 0 Å². The van der Waals surface area contributed by atoms with Gasteiger partial charge >= 0.3 is 0 Å². The lowest BCUT2D eigenvalue weighted by Crippen LogP contribution is -2.30. The van der Waals surface area contributed by atoms with Crippen molar-refractivity contribution in [3.63, 3.8) is 0 Å². The molecular formula is C24H19N2+. The van der Waals surface area contributed by atoms with Crippen LogP contribution in [-0.4, -0.2) is 0 Å². The summed E-state index contributed by atoms with van der Waals surface area (Å²) in [6.45, 7) is 2.15. The summed E-state index contributed by atoms with van der Waals surface area (Å²) in [4.78, 5) is 0. The lowest BCUT2D eigenvalue weighted by Gasteiger charge is -2.10. The van der Waals surface area contributed by atoms with E-state index in [9.17, 15) is 5.26 Å². The Hall–Kier alpha value is -3.44. The molecule has 2 heteroatoms. The summed E-state index contributed by atoms with van der Waals surface area (Å²) in [6, 6.07) is 27.2. The van der Waals surface area contributed by atoms with Gasteiger partial charge in [0.15, 0.2) is 6.20 Å². The zero-order valence-electron chi connectivity index (χ0n) is 14.9. The molecule has 1 aromatic heterocycles. The first-order chi connectivity index (χ1) is 12.7. The zero-order chi connectivity index (χ0) is 18.1. The van der Waals surface area contributed by atoms with Gasteiger partial charge in [-0.1, -0.05) is 42.5 Å². The van der Waals surface area contributed by atoms with Gasteiger partial charge in [0, 0.05) is 6.07 Å². The first-order valence-electron chi connectivity index (χ1n) is 8.66. The van der Waals surface area contributed by atoms with Gasteiger partial charge in [0.2, 0.25) is 5.69 Å². The number of pyridine rings is 1. The van der Waals surface area contributed by atoms with E-state index >= 15 is 0 Å². The normalized spacial score (nSPS) is 10.7. The molecule has 124 valence electrons. The fraction of sp³-hybridized carbons (Fsp3) is 0.0833. The van der Waals surface area contributed by atoms with Gasteiger partial charge in [-0.15, -0.1) is 0 Å². The van der Waals surface area contributed by atoms with E-state index < -0.39 is 0 Å². The maximum atomic E-state index is 9.19. The van der Waals surface area contributed by atoms with Crippen LogP contribution in [0.15, 0.2) is 79.0 Å². The average Bonchev–Trinajstić information content (AvgIpc) is 2.69. The average molecular weight is 335 g/mol. The summed E-state index contributed by atoms with van der Waals surface area (Å²) in [6.07, 6.45) is 2.06. The van der Waals surface area contributed by atoms with Gasteiger partial charge in [0.05, 0.1) is 22.6 Å². The van der Waals surface area contributed by atoms with E-state index in [1.807, 2.05) is 18.2 Å². The number of nitriles is 1. The minimum absolute atomic E-state index is 0.687. The SMILES string of the molecule is Cc1ccc(-c2ccccc2)cc1-c1c2ccc(C#N)cc2cc[n+]1C. The Balaban J connectivity index is 1.98. The first kappa shape index (κ1) is 16.1. The van der Waals surface area contributed by atoms with Gasteiger partial charge in [-0.05, 0) is 53.3 Å². The van der Waals surface area contributed by atoms with Crippen molar-refractivity contribution in [2.45, 2.75) is 6.92 Å². The van der Waals surface area contributed by atoms with Crippen molar-refractivity contribution in [1.29, 1.82) is 5.26 Å². The van der Waals surface area contributed by atoms with Crippen LogP contribution in [0.5, 0.6) is 0 Å². The number of benzene rings is 3. The topological polar surface area (TPSA) is 27.7 Å². The van der Waals surface area contributed by atoms with Crippen molar-refractivity contribution in [3.8, 4) is 28.5 Å². The minimum Gasteiger partial charge on any atom is -0.200 e. The van der Waals surface area contributed by atoms with E-state index in [2.05, 4.69) is 85.4 Å². The van der Waals surface area contributed by atoms with Gasteiger partial charge in [-0.2, -0.15) is 5.26 Å². The highest BCUT2D eigenvalue weighted by Gasteiger charge is 2.18. The maximum Gasteiger partial charge on any atom is 0.220 e. The number of nitrogens with zero attached hydrogens (tertiary/aromatic N) is 2. The van der Waals surface area contributed by atoms with Crippen LogP contribution in [-0.2, 0) is 7.05 Å². The van der Waals surface area contributed by atoms with E-state index in [-0.39, 0.29) is 0 Å². The van der Waals surface area contributed by atoms with Crippen molar-refractivity contribution in [2.24, 2.45) is 7.05 Å². The summed E-state index contributed by atoms with van der Waals surface area (Å²) in [5, 5.41) is 11.4. The van der Waals surface area contributed by atoms with Crippen LogP contribution in [0.1, 0.15) is 11.1 Å². The quantitative estimate of drug-likeness (QED) is 0.464. The molecule has 4 aromatic rings. The molecule has 0 saturated carbocycles. The second kappa shape index (κ2) is 6.46. The molecule has 0 aliphatic rings. The van der Waals surface area contributed by atoms with Crippen LogP contribution < -0.4 is 4.57 Å². The molecule has 2 nitrogen and oxygen atoms in total. The molecule has 26 heavy (non-hydrogen) atoms. The number of aromatic nitrogens is 1. The molecule has 0 unspecified atom stereocenters. The maximum absolute atomic E-state index is 9.19. The summed E-state index contributed by atoms with van der Waals surface area (Å²) in [7, 11) is 2.07. The third-order valence-electron chi connectivity index (χ3n) is 4.87. The molecule has 0 saturated heterocycles.